The minimum absolute atomic E-state index is 0.0471. The number of carboxylic acids is 1. The van der Waals surface area contributed by atoms with Gasteiger partial charge >= 0.3 is 5.97 Å². The number of aliphatic hydroxyl groups is 1. The van der Waals surface area contributed by atoms with E-state index in [1.807, 2.05) is 5.32 Å². The van der Waals surface area contributed by atoms with Gasteiger partial charge in [0.25, 0.3) is 17.7 Å². The van der Waals surface area contributed by atoms with Gasteiger partial charge in [0.2, 0.25) is 0 Å². The Morgan fingerprint density at radius 3 is 2.15 bits per heavy atom. The van der Waals surface area contributed by atoms with E-state index in [1.165, 1.54) is 0 Å². The van der Waals surface area contributed by atoms with Crippen molar-refractivity contribution in [2.75, 3.05) is 13.2 Å². The first-order valence-electron chi connectivity index (χ1n) is 5.61. The highest BCUT2D eigenvalue weighted by Gasteiger charge is 2.31. The SMILES string of the molecule is O=C(O)c1cc2c(cc1C(=O)NCCO)C(=O)NC2=O. The van der Waals surface area contributed by atoms with Crippen LogP contribution < -0.4 is 10.6 Å². The molecule has 0 bridgehead atoms. The van der Waals surface area contributed by atoms with Crippen molar-refractivity contribution >= 4 is 23.7 Å². The molecule has 0 atom stereocenters. The molecule has 1 aromatic carbocycles. The Labute approximate surface area is 112 Å². The number of aromatic carboxylic acids is 1. The molecule has 0 spiro atoms. The Balaban J connectivity index is 2.53. The van der Waals surface area contributed by atoms with Crippen LogP contribution in [0.3, 0.4) is 0 Å². The summed E-state index contributed by atoms with van der Waals surface area (Å²) in [5.74, 6) is -3.52. The van der Waals surface area contributed by atoms with Crippen LogP contribution in [-0.4, -0.2) is 47.1 Å². The lowest BCUT2D eigenvalue weighted by Gasteiger charge is -2.08. The molecule has 8 heteroatoms. The summed E-state index contributed by atoms with van der Waals surface area (Å²) in [5.41, 5.74) is -0.751. The molecule has 2 rings (SSSR count). The van der Waals surface area contributed by atoms with E-state index >= 15 is 0 Å². The number of benzene rings is 1. The van der Waals surface area contributed by atoms with E-state index in [0.29, 0.717) is 0 Å². The van der Waals surface area contributed by atoms with Gasteiger partial charge < -0.3 is 15.5 Å². The number of carbonyl (C=O) groups is 4. The third-order valence-corrected chi connectivity index (χ3v) is 2.75. The number of rotatable bonds is 4. The average molecular weight is 278 g/mol. The van der Waals surface area contributed by atoms with E-state index in [1.54, 1.807) is 0 Å². The second kappa shape index (κ2) is 5.10. The molecular formula is C12H10N2O6. The van der Waals surface area contributed by atoms with E-state index in [0.717, 1.165) is 12.1 Å². The molecule has 1 aliphatic heterocycles. The normalized spacial score (nSPS) is 12.8. The molecule has 0 aromatic heterocycles. The number of aliphatic hydroxyl groups excluding tert-OH is 1. The van der Waals surface area contributed by atoms with Crippen molar-refractivity contribution in [3.05, 3.63) is 34.4 Å². The maximum Gasteiger partial charge on any atom is 0.336 e. The molecule has 0 saturated carbocycles. The van der Waals surface area contributed by atoms with Crippen molar-refractivity contribution in [2.24, 2.45) is 0 Å². The lowest BCUT2D eigenvalue weighted by atomic mass is 9.99. The Bertz CT molecular complexity index is 637. The molecule has 0 radical (unpaired) electrons. The minimum Gasteiger partial charge on any atom is -0.478 e. The predicted octanol–water partition coefficient (Wildman–Crippen LogP) is -1.01. The number of fused-ring (bicyclic) bond motifs is 1. The fourth-order valence-corrected chi connectivity index (χ4v) is 1.84. The summed E-state index contributed by atoms with van der Waals surface area (Å²) in [5, 5.41) is 22.0. The lowest BCUT2D eigenvalue weighted by molar-refractivity contribution is 0.0690. The van der Waals surface area contributed by atoms with Gasteiger partial charge in [0.15, 0.2) is 0 Å². The van der Waals surface area contributed by atoms with E-state index in [2.05, 4.69) is 5.32 Å². The Hall–Kier alpha value is -2.74. The van der Waals surface area contributed by atoms with Gasteiger partial charge in [-0.05, 0) is 12.1 Å². The molecule has 0 unspecified atom stereocenters. The quantitative estimate of drug-likeness (QED) is 0.522. The minimum atomic E-state index is -1.39. The summed E-state index contributed by atoms with van der Waals surface area (Å²) < 4.78 is 0. The first-order valence-corrected chi connectivity index (χ1v) is 5.61. The fraction of sp³-hybridized carbons (Fsp3) is 0.167. The smallest absolute Gasteiger partial charge is 0.336 e. The van der Waals surface area contributed by atoms with Crippen LogP contribution in [0.25, 0.3) is 0 Å². The number of carbonyl (C=O) groups excluding carboxylic acids is 3. The first kappa shape index (κ1) is 13.7. The van der Waals surface area contributed by atoms with Crippen LogP contribution in [0.2, 0.25) is 0 Å². The van der Waals surface area contributed by atoms with Crippen LogP contribution in [0.15, 0.2) is 12.1 Å². The van der Waals surface area contributed by atoms with Crippen molar-refractivity contribution in [1.82, 2.24) is 10.6 Å². The van der Waals surface area contributed by atoms with Gasteiger partial charge in [-0.1, -0.05) is 0 Å². The third-order valence-electron chi connectivity index (χ3n) is 2.75. The average Bonchev–Trinajstić information content (AvgIpc) is 2.69. The summed E-state index contributed by atoms with van der Waals surface area (Å²) in [6.07, 6.45) is 0. The first-order chi connectivity index (χ1) is 9.45. The van der Waals surface area contributed by atoms with Gasteiger partial charge in [-0.3, -0.25) is 19.7 Å². The van der Waals surface area contributed by atoms with Gasteiger partial charge in [-0.15, -0.1) is 0 Å². The lowest BCUT2D eigenvalue weighted by Crippen LogP contribution is -2.28. The van der Waals surface area contributed by atoms with Crippen LogP contribution >= 0.6 is 0 Å². The van der Waals surface area contributed by atoms with Crippen molar-refractivity contribution in [3.63, 3.8) is 0 Å². The van der Waals surface area contributed by atoms with E-state index in [4.69, 9.17) is 10.2 Å². The summed E-state index contributed by atoms with van der Waals surface area (Å²) in [4.78, 5) is 45.9. The second-order valence-corrected chi connectivity index (χ2v) is 4.01. The van der Waals surface area contributed by atoms with Crippen LogP contribution in [0.5, 0.6) is 0 Å². The molecule has 20 heavy (non-hydrogen) atoms. The van der Waals surface area contributed by atoms with E-state index < -0.39 is 23.7 Å². The summed E-state index contributed by atoms with van der Waals surface area (Å²) in [6, 6.07) is 2.05. The van der Waals surface area contributed by atoms with Crippen LogP contribution in [0.4, 0.5) is 0 Å². The van der Waals surface area contributed by atoms with Gasteiger partial charge in [0, 0.05) is 6.54 Å². The Morgan fingerprint density at radius 1 is 1.10 bits per heavy atom. The predicted molar refractivity (Wildman–Crippen MR) is 64.6 cm³/mol. The number of hydrogen-bond acceptors (Lipinski definition) is 5. The highest BCUT2D eigenvalue weighted by atomic mass is 16.4. The maximum atomic E-state index is 11.8. The van der Waals surface area contributed by atoms with Crippen LogP contribution in [0, 0.1) is 0 Å². The molecule has 1 aromatic rings. The summed E-state index contributed by atoms with van der Waals surface area (Å²) in [6.45, 7) is -0.363. The number of nitrogens with one attached hydrogen (secondary N) is 2. The third kappa shape index (κ3) is 2.24. The topological polar surface area (TPSA) is 133 Å². The number of imide groups is 1. The van der Waals surface area contributed by atoms with Gasteiger partial charge in [0.05, 0.1) is 28.9 Å². The highest BCUT2D eigenvalue weighted by molar-refractivity contribution is 6.23. The second-order valence-electron chi connectivity index (χ2n) is 4.01. The molecule has 3 amide bonds. The van der Waals surface area contributed by atoms with Crippen molar-refractivity contribution in [2.45, 2.75) is 0 Å². The maximum absolute atomic E-state index is 11.8. The number of amides is 3. The zero-order chi connectivity index (χ0) is 14.9. The van der Waals surface area contributed by atoms with Crippen molar-refractivity contribution in [1.29, 1.82) is 0 Å². The Kier molecular flexibility index (Phi) is 3.49. The monoisotopic (exact) mass is 278 g/mol. The number of carboxylic acid groups (broad SMARTS) is 1. The van der Waals surface area contributed by atoms with Crippen molar-refractivity contribution < 1.29 is 29.4 Å². The highest BCUT2D eigenvalue weighted by Crippen LogP contribution is 2.21. The zero-order valence-corrected chi connectivity index (χ0v) is 10.1. The molecule has 1 aliphatic rings. The zero-order valence-electron chi connectivity index (χ0n) is 10.1. The molecule has 1 heterocycles. The largest absolute Gasteiger partial charge is 0.478 e. The molecular weight excluding hydrogens is 268 g/mol. The van der Waals surface area contributed by atoms with Crippen molar-refractivity contribution in [3.8, 4) is 0 Å². The molecule has 104 valence electrons. The molecule has 0 fully saturated rings. The fourth-order valence-electron chi connectivity index (χ4n) is 1.84. The summed E-state index contributed by atoms with van der Waals surface area (Å²) >= 11 is 0. The Morgan fingerprint density at radius 2 is 1.65 bits per heavy atom. The molecule has 4 N–H and O–H groups in total. The van der Waals surface area contributed by atoms with E-state index in [9.17, 15) is 19.2 Å². The number of hydrogen-bond donors (Lipinski definition) is 4. The van der Waals surface area contributed by atoms with Gasteiger partial charge in [0.1, 0.15) is 0 Å². The van der Waals surface area contributed by atoms with E-state index in [-0.39, 0.29) is 35.4 Å². The van der Waals surface area contributed by atoms with Crippen LogP contribution in [0.1, 0.15) is 41.4 Å². The summed E-state index contributed by atoms with van der Waals surface area (Å²) in [7, 11) is 0. The molecule has 0 aliphatic carbocycles. The van der Waals surface area contributed by atoms with Crippen LogP contribution in [-0.2, 0) is 0 Å². The van der Waals surface area contributed by atoms with Gasteiger partial charge in [-0.2, -0.15) is 0 Å². The van der Waals surface area contributed by atoms with Gasteiger partial charge in [-0.25, -0.2) is 4.79 Å². The molecule has 0 saturated heterocycles. The standard InChI is InChI=1S/C12H10N2O6/c15-2-1-13-9(16)7-3-5-6(4-8(7)12(19)20)11(18)14-10(5)17/h3-4,15H,1-2H2,(H,13,16)(H,19,20)(H,14,17,18). The molecule has 8 nitrogen and oxygen atoms in total.